The maximum atomic E-state index is 13.7. The molecule has 1 aromatic rings. The summed E-state index contributed by atoms with van der Waals surface area (Å²) in [5, 5.41) is 11.1. The van der Waals surface area contributed by atoms with Gasteiger partial charge < -0.3 is 15.2 Å². The third-order valence-electron chi connectivity index (χ3n) is 2.39. The second-order valence-electron chi connectivity index (χ2n) is 3.84. The lowest BCUT2D eigenvalue weighted by atomic mass is 10.5. The topological polar surface area (TPSA) is 93.5 Å². The highest BCUT2D eigenvalue weighted by Crippen LogP contribution is 2.30. The summed E-state index contributed by atoms with van der Waals surface area (Å²) < 4.78 is 20.0. The van der Waals surface area contributed by atoms with Gasteiger partial charge in [0.15, 0.2) is 11.6 Å². The molecule has 1 aromatic heterocycles. The van der Waals surface area contributed by atoms with E-state index < -0.39 is 34.9 Å². The Bertz CT molecular complexity index is 550. The number of nitrogens with one attached hydrogen (secondary N) is 1. The Balaban J connectivity index is 2.26. The van der Waals surface area contributed by atoms with Crippen LogP contribution in [0.2, 0.25) is 0 Å². The van der Waals surface area contributed by atoms with Crippen molar-refractivity contribution in [2.75, 3.05) is 17.7 Å². The van der Waals surface area contributed by atoms with Gasteiger partial charge in [-0.2, -0.15) is 4.98 Å². The van der Waals surface area contributed by atoms with Crippen LogP contribution in [0, 0.1) is 5.82 Å². The number of rotatable bonds is 3. The molecule has 0 aromatic carbocycles. The maximum Gasteiger partial charge on any atom is 0.351 e. The van der Waals surface area contributed by atoms with Crippen LogP contribution in [-0.4, -0.2) is 38.4 Å². The third kappa shape index (κ3) is 3.11. The number of hydrogen-bond donors (Lipinski definition) is 2. The summed E-state index contributed by atoms with van der Waals surface area (Å²) in [6, 6.07) is 0. The van der Waals surface area contributed by atoms with Gasteiger partial charge in [0.1, 0.15) is 11.7 Å². The van der Waals surface area contributed by atoms with Crippen molar-refractivity contribution in [2.24, 2.45) is 0 Å². The molecule has 2 N–H and O–H groups in total. The summed E-state index contributed by atoms with van der Waals surface area (Å²) >= 11 is 1.32. The highest BCUT2D eigenvalue weighted by molar-refractivity contribution is 8.00. The number of amides is 1. The van der Waals surface area contributed by atoms with Crippen molar-refractivity contribution in [3.63, 3.8) is 0 Å². The zero-order chi connectivity index (χ0) is 14.0. The fourth-order valence-corrected chi connectivity index (χ4v) is 2.52. The minimum atomic E-state index is -0.823. The van der Waals surface area contributed by atoms with Crippen molar-refractivity contribution in [1.29, 1.82) is 0 Å². The number of anilines is 1. The minimum absolute atomic E-state index is 0.185. The van der Waals surface area contributed by atoms with E-state index in [2.05, 4.69) is 10.3 Å². The van der Waals surface area contributed by atoms with E-state index in [1.807, 2.05) is 0 Å². The van der Waals surface area contributed by atoms with Crippen LogP contribution >= 0.6 is 11.8 Å². The number of aliphatic hydroxyl groups is 1. The van der Waals surface area contributed by atoms with E-state index in [1.54, 1.807) is 0 Å². The number of aliphatic hydroxyl groups excluding tert-OH is 1. The molecule has 2 rings (SSSR count). The van der Waals surface area contributed by atoms with Gasteiger partial charge in [0.05, 0.1) is 12.8 Å². The Morgan fingerprint density at radius 1 is 1.79 bits per heavy atom. The van der Waals surface area contributed by atoms with Crippen LogP contribution in [-0.2, 0) is 9.53 Å². The van der Waals surface area contributed by atoms with E-state index in [1.165, 1.54) is 18.7 Å². The van der Waals surface area contributed by atoms with Crippen molar-refractivity contribution in [2.45, 2.75) is 18.6 Å². The molecule has 0 aliphatic carbocycles. The van der Waals surface area contributed by atoms with Crippen molar-refractivity contribution in [1.82, 2.24) is 9.55 Å². The Hall–Kier alpha value is -1.45. The average Bonchev–Trinajstić information content (AvgIpc) is 2.81. The molecule has 0 spiro atoms. The van der Waals surface area contributed by atoms with Crippen molar-refractivity contribution >= 4 is 23.5 Å². The summed E-state index contributed by atoms with van der Waals surface area (Å²) in [4.78, 5) is 26.0. The highest BCUT2D eigenvalue weighted by Gasteiger charge is 2.28. The predicted octanol–water partition coefficient (Wildman–Crippen LogP) is -0.0788. The molecular weight excluding hydrogens is 277 g/mol. The van der Waals surface area contributed by atoms with Crippen molar-refractivity contribution < 1.29 is 19.0 Å². The molecule has 1 saturated heterocycles. The molecule has 1 amide bonds. The second kappa shape index (κ2) is 5.68. The molecule has 0 saturated carbocycles. The molecule has 19 heavy (non-hydrogen) atoms. The molecule has 0 radical (unpaired) electrons. The van der Waals surface area contributed by atoms with Gasteiger partial charge in [0.2, 0.25) is 5.91 Å². The first-order valence-corrected chi connectivity index (χ1v) is 6.50. The monoisotopic (exact) mass is 289 g/mol. The number of halogens is 1. The zero-order valence-electron chi connectivity index (χ0n) is 10.00. The molecule has 104 valence electrons. The highest BCUT2D eigenvalue weighted by atomic mass is 32.2. The Labute approximate surface area is 111 Å². The smallest absolute Gasteiger partial charge is 0.351 e. The summed E-state index contributed by atoms with van der Waals surface area (Å²) in [5.74, 6) is -1.34. The van der Waals surface area contributed by atoms with Crippen LogP contribution in [0.15, 0.2) is 11.0 Å². The molecule has 2 atom stereocenters. The Morgan fingerprint density at radius 3 is 3.11 bits per heavy atom. The van der Waals surface area contributed by atoms with Crippen molar-refractivity contribution in [3.05, 3.63) is 22.5 Å². The second-order valence-corrected chi connectivity index (χ2v) is 5.04. The van der Waals surface area contributed by atoms with E-state index in [0.29, 0.717) is 5.75 Å². The molecule has 1 aliphatic heterocycles. The van der Waals surface area contributed by atoms with Crippen LogP contribution in [0.25, 0.3) is 0 Å². The van der Waals surface area contributed by atoms with Gasteiger partial charge >= 0.3 is 5.69 Å². The zero-order valence-corrected chi connectivity index (χ0v) is 10.8. The summed E-state index contributed by atoms with van der Waals surface area (Å²) in [6.45, 7) is 1.00. The van der Waals surface area contributed by atoms with Crippen LogP contribution in [0.4, 0.5) is 10.2 Å². The number of nitrogens with zero attached hydrogens (tertiary/aromatic N) is 2. The quantitative estimate of drug-likeness (QED) is 0.808. The normalized spacial score (nSPS) is 22.5. The lowest BCUT2D eigenvalue weighted by molar-refractivity contribution is -0.114. The first-order chi connectivity index (χ1) is 9.01. The minimum Gasteiger partial charge on any atom is -0.393 e. The number of thioether (sulfide) groups is 1. The van der Waals surface area contributed by atoms with Crippen LogP contribution in [0.3, 0.4) is 0 Å². The van der Waals surface area contributed by atoms with Crippen LogP contribution < -0.4 is 11.0 Å². The molecule has 2 heterocycles. The van der Waals surface area contributed by atoms with Gasteiger partial charge in [0, 0.05) is 12.7 Å². The fraction of sp³-hybridized carbons (Fsp3) is 0.500. The number of aromatic nitrogens is 2. The standard InChI is InChI=1S/C10H12FN3O4S/c1-5(16)12-9-6(11)2-14(10(17)13-9)7-4-19-8(3-15)18-7/h2,7-8,15H,3-4H2,1H3,(H,12,13,16,17)/t7-,8+/m0/s1. The van der Waals surface area contributed by atoms with Crippen molar-refractivity contribution in [3.8, 4) is 0 Å². The first kappa shape index (κ1) is 14.0. The van der Waals surface area contributed by atoms with Crippen LogP contribution in [0.1, 0.15) is 13.2 Å². The Kier molecular flexibility index (Phi) is 4.17. The summed E-state index contributed by atoms with van der Waals surface area (Å²) in [5.41, 5.74) is -1.16. The number of carbonyl (C=O) groups excluding carboxylic acids is 1. The summed E-state index contributed by atoms with van der Waals surface area (Å²) in [7, 11) is 0. The van der Waals surface area contributed by atoms with E-state index >= 15 is 0 Å². The molecule has 1 aliphatic rings. The molecule has 1 fully saturated rings. The Morgan fingerprint density at radius 2 is 2.53 bits per heavy atom. The van der Waals surface area contributed by atoms with Crippen LogP contribution in [0.5, 0.6) is 0 Å². The predicted molar refractivity (Wildman–Crippen MR) is 66.2 cm³/mol. The third-order valence-corrected chi connectivity index (χ3v) is 3.50. The largest absolute Gasteiger partial charge is 0.393 e. The SMILES string of the molecule is CC(=O)Nc1nc(=O)n([C@@H]2CS[C@H](CO)O2)cc1F. The lowest BCUT2D eigenvalue weighted by Gasteiger charge is -2.14. The molecule has 7 nitrogen and oxygen atoms in total. The van der Waals surface area contributed by atoms with E-state index in [0.717, 1.165) is 10.8 Å². The fourth-order valence-electron chi connectivity index (χ4n) is 1.59. The number of carbonyl (C=O) groups is 1. The molecule has 0 bridgehead atoms. The van der Waals surface area contributed by atoms with E-state index in [-0.39, 0.29) is 6.61 Å². The van der Waals surface area contributed by atoms with Gasteiger partial charge in [-0.1, -0.05) is 0 Å². The summed E-state index contributed by atoms with van der Waals surface area (Å²) in [6.07, 6.45) is 0.258. The van der Waals surface area contributed by atoms with E-state index in [9.17, 15) is 14.0 Å². The van der Waals surface area contributed by atoms with Gasteiger partial charge in [0.25, 0.3) is 0 Å². The van der Waals surface area contributed by atoms with E-state index in [4.69, 9.17) is 9.84 Å². The number of hydrogen-bond acceptors (Lipinski definition) is 6. The van der Waals surface area contributed by atoms with Gasteiger partial charge in [-0.3, -0.25) is 9.36 Å². The average molecular weight is 289 g/mol. The molecule has 0 unspecified atom stereocenters. The molecule has 9 heteroatoms. The van der Waals surface area contributed by atoms with Gasteiger partial charge in [-0.25, -0.2) is 9.18 Å². The first-order valence-electron chi connectivity index (χ1n) is 5.45. The van der Waals surface area contributed by atoms with Gasteiger partial charge in [-0.05, 0) is 0 Å². The maximum absolute atomic E-state index is 13.7. The van der Waals surface area contributed by atoms with Gasteiger partial charge in [-0.15, -0.1) is 11.8 Å². The molecular formula is C10H12FN3O4S. The lowest BCUT2D eigenvalue weighted by Crippen LogP contribution is -2.30. The number of ether oxygens (including phenoxy) is 1.